The van der Waals surface area contributed by atoms with E-state index in [9.17, 15) is 4.79 Å². The molecule has 0 saturated carbocycles. The Labute approximate surface area is 153 Å². The van der Waals surface area contributed by atoms with Crippen molar-refractivity contribution in [1.29, 1.82) is 0 Å². The van der Waals surface area contributed by atoms with E-state index in [1.807, 2.05) is 43.3 Å². The average molecular weight is 404 g/mol. The Morgan fingerprint density at radius 1 is 1.29 bits per heavy atom. The van der Waals surface area contributed by atoms with Gasteiger partial charge in [-0.05, 0) is 43.7 Å². The summed E-state index contributed by atoms with van der Waals surface area (Å²) in [6, 6.07) is 13.8. The van der Waals surface area contributed by atoms with Crippen molar-refractivity contribution in [1.82, 2.24) is 9.55 Å². The van der Waals surface area contributed by atoms with Gasteiger partial charge in [-0.15, -0.1) is 0 Å². The van der Waals surface area contributed by atoms with E-state index in [1.165, 1.54) is 11.8 Å². The molecule has 0 bridgehead atoms. The zero-order valence-corrected chi connectivity index (χ0v) is 15.9. The Hall–Kier alpha value is -1.79. The van der Waals surface area contributed by atoms with Crippen LogP contribution in [0.3, 0.4) is 0 Å². The van der Waals surface area contributed by atoms with Crippen molar-refractivity contribution in [3.8, 4) is 0 Å². The van der Waals surface area contributed by atoms with Crippen LogP contribution in [0.1, 0.15) is 12.5 Å². The van der Waals surface area contributed by atoms with Crippen LogP contribution in [0.5, 0.6) is 0 Å². The number of thioether (sulfide) groups is 1. The second-order valence-electron chi connectivity index (χ2n) is 5.43. The number of hydrogen-bond acceptors (Lipinski definition) is 3. The number of benzene rings is 2. The molecule has 3 rings (SSSR count). The van der Waals surface area contributed by atoms with E-state index in [0.717, 1.165) is 38.5 Å². The molecule has 0 unspecified atom stereocenters. The molecule has 0 spiro atoms. The summed E-state index contributed by atoms with van der Waals surface area (Å²) in [6.45, 7) is 4.93. The molecule has 2 aromatic carbocycles. The Morgan fingerprint density at radius 3 is 2.83 bits per heavy atom. The van der Waals surface area contributed by atoms with Crippen molar-refractivity contribution in [2.24, 2.45) is 0 Å². The number of imidazole rings is 1. The van der Waals surface area contributed by atoms with Crippen LogP contribution in [0.25, 0.3) is 11.0 Å². The zero-order chi connectivity index (χ0) is 17.1. The van der Waals surface area contributed by atoms with Gasteiger partial charge in [-0.1, -0.05) is 45.9 Å². The van der Waals surface area contributed by atoms with Gasteiger partial charge in [-0.2, -0.15) is 0 Å². The summed E-state index contributed by atoms with van der Waals surface area (Å²) in [5.41, 5.74) is 4.00. The number of carbonyl (C=O) groups is 1. The number of amides is 1. The maximum Gasteiger partial charge on any atom is 0.234 e. The van der Waals surface area contributed by atoms with Crippen LogP contribution in [0.15, 0.2) is 52.1 Å². The first-order valence-corrected chi connectivity index (χ1v) is 9.50. The number of anilines is 1. The van der Waals surface area contributed by atoms with Crippen LogP contribution in [0.2, 0.25) is 0 Å². The maximum absolute atomic E-state index is 12.2. The molecule has 0 radical (unpaired) electrons. The topological polar surface area (TPSA) is 46.9 Å². The lowest BCUT2D eigenvalue weighted by Gasteiger charge is -2.08. The summed E-state index contributed by atoms with van der Waals surface area (Å²) in [4.78, 5) is 16.8. The van der Waals surface area contributed by atoms with E-state index in [2.05, 4.69) is 43.8 Å². The number of halogens is 1. The highest BCUT2D eigenvalue weighted by molar-refractivity contribution is 9.10. The number of hydrogen-bond donors (Lipinski definition) is 1. The number of para-hydroxylation sites is 2. The van der Waals surface area contributed by atoms with Crippen LogP contribution in [-0.4, -0.2) is 21.2 Å². The minimum Gasteiger partial charge on any atom is -0.325 e. The molecule has 1 heterocycles. The van der Waals surface area contributed by atoms with E-state index in [1.54, 1.807) is 0 Å². The SMILES string of the molecule is CCn1c(SCC(=O)Nc2ccc(C)c(Br)c2)nc2ccccc21. The number of carbonyl (C=O) groups excluding carboxylic acids is 1. The van der Waals surface area contributed by atoms with E-state index in [-0.39, 0.29) is 5.91 Å². The number of fused-ring (bicyclic) bond motifs is 1. The lowest BCUT2D eigenvalue weighted by atomic mass is 10.2. The quantitative estimate of drug-likeness (QED) is 0.618. The van der Waals surface area contributed by atoms with E-state index in [0.29, 0.717) is 5.75 Å². The van der Waals surface area contributed by atoms with Crippen LogP contribution in [0.4, 0.5) is 5.69 Å². The fourth-order valence-corrected chi connectivity index (χ4v) is 3.72. The van der Waals surface area contributed by atoms with Gasteiger partial charge in [0.25, 0.3) is 0 Å². The molecule has 0 aliphatic carbocycles. The molecule has 4 nitrogen and oxygen atoms in total. The van der Waals surface area contributed by atoms with Gasteiger partial charge in [0.15, 0.2) is 5.16 Å². The van der Waals surface area contributed by atoms with E-state index >= 15 is 0 Å². The Kier molecular flexibility index (Phi) is 5.26. The molecule has 0 fully saturated rings. The number of rotatable bonds is 5. The van der Waals surface area contributed by atoms with Crippen molar-refractivity contribution in [3.05, 3.63) is 52.5 Å². The molecule has 6 heteroatoms. The molecule has 3 aromatic rings. The van der Waals surface area contributed by atoms with E-state index < -0.39 is 0 Å². The second-order valence-corrected chi connectivity index (χ2v) is 7.23. The normalized spacial score (nSPS) is 11.0. The fourth-order valence-electron chi connectivity index (χ4n) is 2.47. The predicted octanol–water partition coefficient (Wildman–Crippen LogP) is 4.86. The van der Waals surface area contributed by atoms with Crippen LogP contribution < -0.4 is 5.32 Å². The molecule has 24 heavy (non-hydrogen) atoms. The average Bonchev–Trinajstić information content (AvgIpc) is 2.94. The third kappa shape index (κ3) is 3.65. The summed E-state index contributed by atoms with van der Waals surface area (Å²) < 4.78 is 3.12. The third-order valence-corrected chi connectivity index (χ3v) is 5.55. The van der Waals surface area contributed by atoms with Gasteiger partial charge in [0.05, 0.1) is 16.8 Å². The summed E-state index contributed by atoms with van der Waals surface area (Å²) in [6.07, 6.45) is 0. The van der Waals surface area contributed by atoms with Crippen molar-refractivity contribution >= 4 is 50.3 Å². The molecule has 0 atom stereocenters. The van der Waals surface area contributed by atoms with Crippen LogP contribution >= 0.6 is 27.7 Å². The van der Waals surface area contributed by atoms with Gasteiger partial charge in [-0.3, -0.25) is 4.79 Å². The van der Waals surface area contributed by atoms with Gasteiger partial charge in [-0.25, -0.2) is 4.98 Å². The first-order valence-electron chi connectivity index (χ1n) is 7.72. The number of aryl methyl sites for hydroxylation is 2. The fraction of sp³-hybridized carbons (Fsp3) is 0.222. The molecule has 0 aliphatic heterocycles. The summed E-state index contributed by atoms with van der Waals surface area (Å²) in [7, 11) is 0. The largest absolute Gasteiger partial charge is 0.325 e. The lowest BCUT2D eigenvalue weighted by molar-refractivity contribution is -0.113. The Morgan fingerprint density at radius 2 is 2.08 bits per heavy atom. The molecule has 0 saturated heterocycles. The zero-order valence-electron chi connectivity index (χ0n) is 13.5. The minimum atomic E-state index is -0.0366. The van der Waals surface area contributed by atoms with Crippen molar-refractivity contribution in [2.75, 3.05) is 11.1 Å². The molecular weight excluding hydrogens is 386 g/mol. The van der Waals surface area contributed by atoms with Gasteiger partial charge >= 0.3 is 0 Å². The second kappa shape index (κ2) is 7.40. The summed E-state index contributed by atoms with van der Waals surface area (Å²) in [5, 5.41) is 3.80. The predicted molar refractivity (Wildman–Crippen MR) is 104 cm³/mol. The summed E-state index contributed by atoms with van der Waals surface area (Å²) in [5.74, 6) is 0.292. The van der Waals surface area contributed by atoms with Gasteiger partial charge in [0.2, 0.25) is 5.91 Å². The smallest absolute Gasteiger partial charge is 0.234 e. The first kappa shape index (κ1) is 17.0. The highest BCUT2D eigenvalue weighted by Crippen LogP contribution is 2.25. The van der Waals surface area contributed by atoms with Gasteiger partial charge < -0.3 is 9.88 Å². The van der Waals surface area contributed by atoms with Crippen LogP contribution in [-0.2, 0) is 11.3 Å². The number of nitrogens with one attached hydrogen (secondary N) is 1. The third-order valence-electron chi connectivity index (χ3n) is 3.72. The molecule has 1 amide bonds. The molecule has 124 valence electrons. The van der Waals surface area contributed by atoms with Crippen molar-refractivity contribution in [2.45, 2.75) is 25.5 Å². The first-order chi connectivity index (χ1) is 11.6. The Bertz CT molecular complexity index is 891. The monoisotopic (exact) mass is 403 g/mol. The van der Waals surface area contributed by atoms with Crippen molar-refractivity contribution in [3.63, 3.8) is 0 Å². The molecular formula is C18H18BrN3OS. The van der Waals surface area contributed by atoms with Gasteiger partial charge in [0, 0.05) is 16.7 Å². The van der Waals surface area contributed by atoms with Gasteiger partial charge in [0.1, 0.15) is 0 Å². The molecule has 0 aliphatic rings. The van der Waals surface area contributed by atoms with Crippen molar-refractivity contribution < 1.29 is 4.79 Å². The molecule has 1 aromatic heterocycles. The highest BCUT2D eigenvalue weighted by atomic mass is 79.9. The van der Waals surface area contributed by atoms with Crippen LogP contribution in [0, 0.1) is 6.92 Å². The standard InChI is InChI=1S/C18H18BrN3OS/c1-3-22-16-7-5-4-6-15(16)21-18(22)24-11-17(23)20-13-9-8-12(2)14(19)10-13/h4-10H,3,11H2,1-2H3,(H,20,23). The number of nitrogens with zero attached hydrogens (tertiary/aromatic N) is 2. The number of aromatic nitrogens is 2. The molecule has 1 N–H and O–H groups in total. The maximum atomic E-state index is 12.2. The van der Waals surface area contributed by atoms with E-state index in [4.69, 9.17) is 0 Å². The minimum absolute atomic E-state index is 0.0366. The Balaban J connectivity index is 1.69. The summed E-state index contributed by atoms with van der Waals surface area (Å²) >= 11 is 4.94. The lowest BCUT2D eigenvalue weighted by Crippen LogP contribution is -2.14. The highest BCUT2D eigenvalue weighted by Gasteiger charge is 2.12.